The van der Waals surface area contributed by atoms with E-state index in [0.29, 0.717) is 17.3 Å². The number of carbonyl (C=O) groups excluding carboxylic acids is 1. The molecule has 1 N–H and O–H groups in total. The SMILES string of the molecule is Cc1ccnc2nc(C(=O)NCc3ccc(Cl)cc3)nn12. The predicted octanol–water partition coefficient (Wildman–Crippen LogP) is 2.02. The van der Waals surface area contributed by atoms with Gasteiger partial charge in [-0.15, -0.1) is 5.10 Å². The molecule has 1 amide bonds. The smallest absolute Gasteiger partial charge is 0.291 e. The molecule has 0 radical (unpaired) electrons. The number of nitrogens with one attached hydrogen (secondary N) is 1. The molecule has 21 heavy (non-hydrogen) atoms. The van der Waals surface area contributed by atoms with Gasteiger partial charge in [0.1, 0.15) is 0 Å². The molecule has 3 aromatic rings. The number of aryl methyl sites for hydroxylation is 1. The highest BCUT2D eigenvalue weighted by Crippen LogP contribution is 2.09. The Hall–Kier alpha value is -2.47. The highest BCUT2D eigenvalue weighted by molar-refractivity contribution is 6.30. The number of rotatable bonds is 3. The van der Waals surface area contributed by atoms with Crippen LogP contribution < -0.4 is 5.32 Å². The van der Waals surface area contributed by atoms with Crippen LogP contribution in [0, 0.1) is 6.92 Å². The maximum atomic E-state index is 12.1. The first kappa shape index (κ1) is 13.5. The zero-order valence-corrected chi connectivity index (χ0v) is 12.0. The molecular weight excluding hydrogens is 290 g/mol. The number of carbonyl (C=O) groups is 1. The lowest BCUT2D eigenvalue weighted by molar-refractivity contribution is 0.0940. The molecule has 2 heterocycles. The van der Waals surface area contributed by atoms with Crippen LogP contribution in [0.4, 0.5) is 0 Å². The Balaban J connectivity index is 1.75. The Morgan fingerprint density at radius 3 is 2.76 bits per heavy atom. The van der Waals surface area contributed by atoms with Gasteiger partial charge in [-0.25, -0.2) is 9.50 Å². The highest BCUT2D eigenvalue weighted by Gasteiger charge is 2.13. The quantitative estimate of drug-likeness (QED) is 0.803. The van der Waals surface area contributed by atoms with Crippen LogP contribution in [0.2, 0.25) is 5.02 Å². The van der Waals surface area contributed by atoms with Crippen LogP contribution in [0.15, 0.2) is 36.5 Å². The van der Waals surface area contributed by atoms with Crippen molar-refractivity contribution in [3.63, 3.8) is 0 Å². The molecule has 0 spiro atoms. The molecule has 0 saturated heterocycles. The summed E-state index contributed by atoms with van der Waals surface area (Å²) in [7, 11) is 0. The van der Waals surface area contributed by atoms with E-state index >= 15 is 0 Å². The summed E-state index contributed by atoms with van der Waals surface area (Å²) in [6.07, 6.45) is 1.63. The van der Waals surface area contributed by atoms with Crippen molar-refractivity contribution in [3.05, 3.63) is 58.6 Å². The fourth-order valence-electron chi connectivity index (χ4n) is 1.87. The molecule has 0 atom stereocenters. The van der Waals surface area contributed by atoms with Crippen molar-refractivity contribution in [1.29, 1.82) is 0 Å². The molecule has 0 aliphatic heterocycles. The molecule has 2 aromatic heterocycles. The third-order valence-corrected chi connectivity index (χ3v) is 3.25. The summed E-state index contributed by atoms with van der Waals surface area (Å²) in [4.78, 5) is 20.2. The lowest BCUT2D eigenvalue weighted by Gasteiger charge is -2.02. The first-order valence-electron chi connectivity index (χ1n) is 6.34. The summed E-state index contributed by atoms with van der Waals surface area (Å²) in [5.74, 6) is 0.173. The molecule has 0 saturated carbocycles. The normalized spacial score (nSPS) is 10.8. The zero-order valence-electron chi connectivity index (χ0n) is 11.2. The summed E-state index contributed by atoms with van der Waals surface area (Å²) in [6, 6.07) is 9.06. The molecule has 0 aliphatic rings. The predicted molar refractivity (Wildman–Crippen MR) is 78.1 cm³/mol. The van der Waals surface area contributed by atoms with Gasteiger partial charge in [-0.05, 0) is 30.7 Å². The average molecular weight is 302 g/mol. The topological polar surface area (TPSA) is 72.2 Å². The van der Waals surface area contributed by atoms with E-state index in [4.69, 9.17) is 11.6 Å². The Bertz CT molecular complexity index is 797. The van der Waals surface area contributed by atoms with Crippen LogP contribution in [-0.4, -0.2) is 25.5 Å². The minimum absolute atomic E-state index is 0.103. The molecule has 6 nitrogen and oxygen atoms in total. The average Bonchev–Trinajstić information content (AvgIpc) is 2.92. The van der Waals surface area contributed by atoms with Crippen molar-refractivity contribution in [3.8, 4) is 0 Å². The van der Waals surface area contributed by atoms with E-state index in [1.807, 2.05) is 19.1 Å². The van der Waals surface area contributed by atoms with Crippen molar-refractivity contribution in [2.45, 2.75) is 13.5 Å². The van der Waals surface area contributed by atoms with Gasteiger partial charge in [0, 0.05) is 23.5 Å². The fraction of sp³-hybridized carbons (Fsp3) is 0.143. The number of halogens is 1. The number of benzene rings is 1. The fourth-order valence-corrected chi connectivity index (χ4v) is 1.99. The van der Waals surface area contributed by atoms with Gasteiger partial charge in [0.05, 0.1) is 0 Å². The van der Waals surface area contributed by atoms with Crippen molar-refractivity contribution >= 4 is 23.3 Å². The second kappa shape index (κ2) is 5.49. The number of hydrogen-bond acceptors (Lipinski definition) is 4. The molecule has 7 heteroatoms. The zero-order chi connectivity index (χ0) is 14.8. The van der Waals surface area contributed by atoms with Gasteiger partial charge in [-0.2, -0.15) is 4.98 Å². The molecule has 1 aromatic carbocycles. The molecule has 0 bridgehead atoms. The van der Waals surface area contributed by atoms with Crippen LogP contribution >= 0.6 is 11.6 Å². The van der Waals surface area contributed by atoms with Gasteiger partial charge < -0.3 is 5.32 Å². The molecule has 0 unspecified atom stereocenters. The maximum absolute atomic E-state index is 12.1. The van der Waals surface area contributed by atoms with E-state index < -0.39 is 0 Å². The van der Waals surface area contributed by atoms with Gasteiger partial charge in [-0.1, -0.05) is 23.7 Å². The second-order valence-electron chi connectivity index (χ2n) is 4.54. The molecule has 0 fully saturated rings. The van der Waals surface area contributed by atoms with E-state index in [-0.39, 0.29) is 11.7 Å². The van der Waals surface area contributed by atoms with Gasteiger partial charge in [0.2, 0.25) is 5.82 Å². The van der Waals surface area contributed by atoms with Crippen molar-refractivity contribution < 1.29 is 4.79 Å². The molecular formula is C14H12ClN5O. The number of hydrogen-bond donors (Lipinski definition) is 1. The van der Waals surface area contributed by atoms with E-state index in [9.17, 15) is 4.79 Å². The first-order chi connectivity index (χ1) is 10.1. The first-order valence-corrected chi connectivity index (χ1v) is 6.72. The van der Waals surface area contributed by atoms with E-state index in [1.165, 1.54) is 4.52 Å². The van der Waals surface area contributed by atoms with Crippen LogP contribution in [0.5, 0.6) is 0 Å². The standard InChI is InChI=1S/C14H12ClN5O/c1-9-6-7-16-14-18-12(19-20(9)14)13(21)17-8-10-2-4-11(15)5-3-10/h2-7H,8H2,1H3,(H,17,21). The van der Waals surface area contributed by atoms with E-state index in [0.717, 1.165) is 11.3 Å². The van der Waals surface area contributed by atoms with Crippen LogP contribution in [0.25, 0.3) is 5.78 Å². The number of nitrogens with zero attached hydrogens (tertiary/aromatic N) is 4. The molecule has 0 aliphatic carbocycles. The summed E-state index contributed by atoms with van der Waals surface area (Å²) in [6.45, 7) is 2.26. The van der Waals surface area contributed by atoms with Crippen molar-refractivity contribution in [2.24, 2.45) is 0 Å². The molecule has 106 valence electrons. The third kappa shape index (κ3) is 2.85. The number of fused-ring (bicyclic) bond motifs is 1. The third-order valence-electron chi connectivity index (χ3n) is 3.00. The minimum Gasteiger partial charge on any atom is -0.345 e. The lowest BCUT2D eigenvalue weighted by Crippen LogP contribution is -2.24. The van der Waals surface area contributed by atoms with Crippen LogP contribution in [0.1, 0.15) is 21.9 Å². The van der Waals surface area contributed by atoms with Gasteiger partial charge >= 0.3 is 0 Å². The summed E-state index contributed by atoms with van der Waals surface area (Å²) < 4.78 is 1.54. The highest BCUT2D eigenvalue weighted by atomic mass is 35.5. The Morgan fingerprint density at radius 2 is 2.05 bits per heavy atom. The summed E-state index contributed by atoms with van der Waals surface area (Å²) >= 11 is 5.81. The van der Waals surface area contributed by atoms with Gasteiger partial charge in [-0.3, -0.25) is 4.79 Å². The number of amides is 1. The van der Waals surface area contributed by atoms with E-state index in [1.54, 1.807) is 24.4 Å². The Kier molecular flexibility index (Phi) is 3.53. The van der Waals surface area contributed by atoms with Crippen molar-refractivity contribution in [1.82, 2.24) is 24.9 Å². The summed E-state index contributed by atoms with van der Waals surface area (Å²) in [5, 5.41) is 7.58. The lowest BCUT2D eigenvalue weighted by atomic mass is 10.2. The number of aromatic nitrogens is 4. The van der Waals surface area contributed by atoms with Crippen molar-refractivity contribution in [2.75, 3.05) is 0 Å². The maximum Gasteiger partial charge on any atom is 0.291 e. The largest absolute Gasteiger partial charge is 0.345 e. The Morgan fingerprint density at radius 1 is 1.29 bits per heavy atom. The molecule has 3 rings (SSSR count). The van der Waals surface area contributed by atoms with Crippen LogP contribution in [0.3, 0.4) is 0 Å². The van der Waals surface area contributed by atoms with Crippen LogP contribution in [-0.2, 0) is 6.54 Å². The van der Waals surface area contributed by atoms with Gasteiger partial charge in [0.15, 0.2) is 0 Å². The minimum atomic E-state index is -0.338. The Labute approximate surface area is 125 Å². The monoisotopic (exact) mass is 301 g/mol. The van der Waals surface area contributed by atoms with E-state index in [2.05, 4.69) is 20.4 Å². The summed E-state index contributed by atoms with van der Waals surface area (Å²) in [5.41, 5.74) is 1.81. The second-order valence-corrected chi connectivity index (χ2v) is 4.98. The van der Waals surface area contributed by atoms with Gasteiger partial charge in [0.25, 0.3) is 11.7 Å².